The third-order valence-corrected chi connectivity index (χ3v) is 3.41. The topological polar surface area (TPSA) is 90.4 Å². The number of hydrogen-bond donors (Lipinski definition) is 2. The van der Waals surface area contributed by atoms with Gasteiger partial charge in [0.05, 0.1) is 17.3 Å². The maximum atomic E-state index is 13.4. The molecule has 0 aliphatic heterocycles. The first-order valence-corrected chi connectivity index (χ1v) is 6.58. The third kappa shape index (κ3) is 2.92. The van der Waals surface area contributed by atoms with Crippen molar-refractivity contribution in [2.45, 2.75) is 57.3 Å². The lowest BCUT2D eigenvalue weighted by molar-refractivity contribution is 0.103. The standard InChI is InChI=1S/C13H20FN3O3/c1-13(2,3)17-11(20-12(15)19)6-9(16-17)7-4-8(14)10(18)5-7/h6-8,10,18H,4-5H2,1-3H3,(H2,15,19)/t7-,8+,10+/m0/s1. The van der Waals surface area contributed by atoms with Crippen molar-refractivity contribution in [1.29, 1.82) is 0 Å². The van der Waals surface area contributed by atoms with Crippen LogP contribution in [0, 0.1) is 0 Å². The lowest BCUT2D eigenvalue weighted by atomic mass is 10.0. The number of nitrogens with zero attached hydrogens (tertiary/aromatic N) is 2. The van der Waals surface area contributed by atoms with Gasteiger partial charge in [-0.2, -0.15) is 5.10 Å². The molecule has 0 bridgehead atoms. The van der Waals surface area contributed by atoms with Crippen LogP contribution in [0.25, 0.3) is 0 Å². The van der Waals surface area contributed by atoms with Gasteiger partial charge in [-0.15, -0.1) is 0 Å². The van der Waals surface area contributed by atoms with E-state index in [0.29, 0.717) is 12.1 Å². The van der Waals surface area contributed by atoms with E-state index >= 15 is 0 Å². The van der Waals surface area contributed by atoms with Crippen LogP contribution in [-0.2, 0) is 5.54 Å². The quantitative estimate of drug-likeness (QED) is 0.864. The molecule has 1 aliphatic carbocycles. The van der Waals surface area contributed by atoms with Crippen LogP contribution >= 0.6 is 0 Å². The summed E-state index contributed by atoms with van der Waals surface area (Å²) in [6.07, 6.45) is -2.58. The maximum absolute atomic E-state index is 13.4. The van der Waals surface area contributed by atoms with Gasteiger partial charge in [0.2, 0.25) is 5.88 Å². The van der Waals surface area contributed by atoms with Crippen molar-refractivity contribution < 1.29 is 19.0 Å². The highest BCUT2D eigenvalue weighted by atomic mass is 19.1. The number of aromatic nitrogens is 2. The highest BCUT2D eigenvalue weighted by Gasteiger charge is 2.36. The van der Waals surface area contributed by atoms with E-state index in [4.69, 9.17) is 10.5 Å². The summed E-state index contributed by atoms with van der Waals surface area (Å²) in [5, 5.41) is 13.9. The molecule has 3 atom stereocenters. The monoisotopic (exact) mass is 285 g/mol. The molecule has 0 saturated heterocycles. The van der Waals surface area contributed by atoms with Gasteiger partial charge in [0.25, 0.3) is 0 Å². The summed E-state index contributed by atoms with van der Waals surface area (Å²) in [5.41, 5.74) is 5.24. The Kier molecular flexibility index (Phi) is 3.73. The number of nitrogens with two attached hydrogens (primary N) is 1. The fourth-order valence-electron chi connectivity index (χ4n) is 2.44. The number of hydrogen-bond acceptors (Lipinski definition) is 4. The number of carbonyl (C=O) groups excluding carboxylic acids is 1. The molecule has 1 aliphatic rings. The van der Waals surface area contributed by atoms with Gasteiger partial charge in [-0.05, 0) is 33.6 Å². The largest absolute Gasteiger partial charge is 0.411 e. The minimum atomic E-state index is -1.24. The van der Waals surface area contributed by atoms with Crippen molar-refractivity contribution in [3.05, 3.63) is 11.8 Å². The van der Waals surface area contributed by atoms with Crippen LogP contribution in [0.1, 0.15) is 45.2 Å². The predicted molar refractivity (Wildman–Crippen MR) is 70.3 cm³/mol. The van der Waals surface area contributed by atoms with Gasteiger partial charge in [0, 0.05) is 12.0 Å². The van der Waals surface area contributed by atoms with E-state index in [1.165, 1.54) is 0 Å². The predicted octanol–water partition coefficient (Wildman–Crippen LogP) is 1.67. The average Bonchev–Trinajstić information content (AvgIpc) is 2.82. The first-order chi connectivity index (χ1) is 9.18. The molecule has 1 amide bonds. The zero-order valence-corrected chi connectivity index (χ0v) is 11.8. The van der Waals surface area contributed by atoms with E-state index in [9.17, 15) is 14.3 Å². The smallest absolute Gasteiger partial charge is 0.392 e. The molecular weight excluding hydrogens is 265 g/mol. The number of amides is 1. The molecule has 0 unspecified atom stereocenters. The van der Waals surface area contributed by atoms with E-state index in [-0.39, 0.29) is 18.2 Å². The zero-order chi connectivity index (χ0) is 15.1. The minimum absolute atomic E-state index is 0.182. The second-order valence-corrected chi connectivity index (χ2v) is 6.16. The van der Waals surface area contributed by atoms with Crippen molar-refractivity contribution in [2.24, 2.45) is 5.73 Å². The summed E-state index contributed by atoms with van der Waals surface area (Å²) in [7, 11) is 0. The normalized spacial score (nSPS) is 26.8. The number of carbonyl (C=O) groups is 1. The molecule has 0 spiro atoms. The first kappa shape index (κ1) is 14.8. The van der Waals surface area contributed by atoms with E-state index in [1.54, 1.807) is 10.7 Å². The van der Waals surface area contributed by atoms with Crippen molar-refractivity contribution in [3.63, 3.8) is 0 Å². The molecule has 0 radical (unpaired) electrons. The summed E-state index contributed by atoms with van der Waals surface area (Å²) in [6.45, 7) is 5.71. The van der Waals surface area contributed by atoms with Crippen LogP contribution in [0.15, 0.2) is 6.07 Å². The number of halogens is 1. The Balaban J connectivity index is 2.32. The van der Waals surface area contributed by atoms with Gasteiger partial charge in [-0.1, -0.05) is 0 Å². The average molecular weight is 285 g/mol. The minimum Gasteiger partial charge on any atom is -0.392 e. The molecule has 112 valence electrons. The lowest BCUT2D eigenvalue weighted by Gasteiger charge is -2.21. The number of aliphatic hydroxyl groups excluding tert-OH is 1. The molecule has 1 aromatic rings. The number of primary amides is 1. The van der Waals surface area contributed by atoms with Crippen LogP contribution in [0.2, 0.25) is 0 Å². The molecule has 1 fully saturated rings. The number of ether oxygens (including phenoxy) is 1. The Morgan fingerprint density at radius 2 is 2.20 bits per heavy atom. The molecule has 0 aromatic carbocycles. The number of rotatable bonds is 2. The summed E-state index contributed by atoms with van der Waals surface area (Å²) >= 11 is 0. The molecule has 2 rings (SSSR count). The molecule has 6 nitrogen and oxygen atoms in total. The molecule has 7 heteroatoms. The van der Waals surface area contributed by atoms with Gasteiger partial charge < -0.3 is 15.6 Å². The van der Waals surface area contributed by atoms with E-state index in [0.717, 1.165) is 0 Å². The Labute approximate surface area is 116 Å². The van der Waals surface area contributed by atoms with Gasteiger partial charge in [-0.25, -0.2) is 13.9 Å². The molecule has 1 saturated carbocycles. The molecule has 3 N–H and O–H groups in total. The van der Waals surface area contributed by atoms with Gasteiger partial charge in [0.1, 0.15) is 6.17 Å². The summed E-state index contributed by atoms with van der Waals surface area (Å²) in [6, 6.07) is 1.59. The van der Waals surface area contributed by atoms with Crippen LogP contribution in [-0.4, -0.2) is 33.3 Å². The molecule has 20 heavy (non-hydrogen) atoms. The Hall–Kier alpha value is -1.63. The Morgan fingerprint density at radius 3 is 2.65 bits per heavy atom. The molecule has 1 heterocycles. The first-order valence-electron chi connectivity index (χ1n) is 6.58. The Bertz CT molecular complexity index is 499. The lowest BCUT2D eigenvalue weighted by Crippen LogP contribution is -2.27. The fraction of sp³-hybridized carbons (Fsp3) is 0.692. The molecule has 1 aromatic heterocycles. The second-order valence-electron chi connectivity index (χ2n) is 6.16. The van der Waals surface area contributed by atoms with Crippen molar-refractivity contribution in [2.75, 3.05) is 0 Å². The van der Waals surface area contributed by atoms with Crippen molar-refractivity contribution in [3.8, 4) is 5.88 Å². The summed E-state index contributed by atoms with van der Waals surface area (Å²) in [4.78, 5) is 10.9. The van der Waals surface area contributed by atoms with E-state index in [2.05, 4.69) is 5.10 Å². The number of alkyl halides is 1. The maximum Gasteiger partial charge on any atom is 0.411 e. The SMILES string of the molecule is CC(C)(C)n1nc([C@@H]2C[C@@H](O)[C@H](F)C2)cc1OC(N)=O. The number of aliphatic hydroxyl groups is 1. The third-order valence-electron chi connectivity index (χ3n) is 3.41. The van der Waals surface area contributed by atoms with Crippen LogP contribution in [0.5, 0.6) is 5.88 Å². The highest BCUT2D eigenvalue weighted by molar-refractivity contribution is 5.67. The van der Waals surface area contributed by atoms with Gasteiger partial charge >= 0.3 is 6.09 Å². The fourth-order valence-corrected chi connectivity index (χ4v) is 2.44. The van der Waals surface area contributed by atoms with Crippen LogP contribution in [0.4, 0.5) is 9.18 Å². The highest BCUT2D eigenvalue weighted by Crippen LogP contribution is 2.38. The Morgan fingerprint density at radius 1 is 1.55 bits per heavy atom. The van der Waals surface area contributed by atoms with Gasteiger partial charge in [0.15, 0.2) is 0 Å². The van der Waals surface area contributed by atoms with Crippen molar-refractivity contribution >= 4 is 6.09 Å². The van der Waals surface area contributed by atoms with E-state index in [1.807, 2.05) is 20.8 Å². The molecular formula is C13H20FN3O3. The van der Waals surface area contributed by atoms with Crippen molar-refractivity contribution in [1.82, 2.24) is 9.78 Å². The zero-order valence-electron chi connectivity index (χ0n) is 11.8. The van der Waals surface area contributed by atoms with Crippen LogP contribution in [0.3, 0.4) is 0 Å². The summed E-state index contributed by atoms with van der Waals surface area (Å²) in [5.74, 6) is 0.0515. The van der Waals surface area contributed by atoms with Crippen LogP contribution < -0.4 is 10.5 Å². The second kappa shape index (κ2) is 5.05. The van der Waals surface area contributed by atoms with E-state index < -0.39 is 23.9 Å². The summed E-state index contributed by atoms with van der Waals surface area (Å²) < 4.78 is 19.9. The van der Waals surface area contributed by atoms with Gasteiger partial charge in [-0.3, -0.25) is 0 Å².